The highest BCUT2D eigenvalue weighted by Crippen LogP contribution is 2.04. The zero-order chi connectivity index (χ0) is 6.85. The lowest BCUT2D eigenvalue weighted by Gasteiger charge is -1.80. The second-order valence-corrected chi connectivity index (χ2v) is 2.05. The molecule has 0 saturated heterocycles. The van der Waals surface area contributed by atoms with Crippen molar-refractivity contribution in [1.82, 2.24) is 9.78 Å². The van der Waals surface area contributed by atoms with E-state index in [0.29, 0.717) is 0 Å². The van der Waals surface area contributed by atoms with Crippen LogP contribution in [0.5, 0.6) is 0 Å². The number of aryl methyl sites for hydroxylation is 2. The van der Waals surface area contributed by atoms with Crippen LogP contribution in [0.25, 0.3) is 6.08 Å². The van der Waals surface area contributed by atoms with E-state index in [1.54, 1.807) is 4.68 Å². The molecule has 0 aliphatic carbocycles. The molecule has 0 aromatic carbocycles. The molecule has 9 heavy (non-hydrogen) atoms. The van der Waals surface area contributed by atoms with Gasteiger partial charge in [0.2, 0.25) is 0 Å². The van der Waals surface area contributed by atoms with Gasteiger partial charge in [0.25, 0.3) is 0 Å². The van der Waals surface area contributed by atoms with Gasteiger partial charge in [0, 0.05) is 18.8 Å². The van der Waals surface area contributed by atoms with E-state index in [1.807, 2.05) is 26.2 Å². The normalized spacial score (nSPS) is 9.56. The van der Waals surface area contributed by atoms with Crippen molar-refractivity contribution < 1.29 is 0 Å². The van der Waals surface area contributed by atoms with Crippen molar-refractivity contribution >= 4 is 6.08 Å². The SMILES string of the molecule is C=Cc1cn(C)nc1C. The quantitative estimate of drug-likeness (QED) is 0.550. The van der Waals surface area contributed by atoms with Gasteiger partial charge in [0.1, 0.15) is 0 Å². The first-order valence-electron chi connectivity index (χ1n) is 2.86. The van der Waals surface area contributed by atoms with Crippen LogP contribution < -0.4 is 0 Å². The molecule has 0 aliphatic rings. The molecule has 0 saturated carbocycles. The molecule has 0 bridgehead atoms. The Morgan fingerprint density at radius 2 is 2.44 bits per heavy atom. The van der Waals surface area contributed by atoms with Gasteiger partial charge in [-0.3, -0.25) is 4.68 Å². The first kappa shape index (κ1) is 6.08. The Morgan fingerprint density at radius 3 is 2.67 bits per heavy atom. The third-order valence-electron chi connectivity index (χ3n) is 1.27. The average Bonchev–Trinajstić information content (AvgIpc) is 2.10. The first-order valence-corrected chi connectivity index (χ1v) is 2.86. The highest BCUT2D eigenvalue weighted by Gasteiger charge is 1.95. The van der Waals surface area contributed by atoms with E-state index in [0.717, 1.165) is 11.3 Å². The second kappa shape index (κ2) is 2.05. The van der Waals surface area contributed by atoms with Gasteiger partial charge in [-0.15, -0.1) is 0 Å². The summed E-state index contributed by atoms with van der Waals surface area (Å²) in [4.78, 5) is 0. The molecule has 0 atom stereocenters. The van der Waals surface area contributed by atoms with E-state index in [9.17, 15) is 0 Å². The fourth-order valence-electron chi connectivity index (χ4n) is 0.818. The van der Waals surface area contributed by atoms with E-state index in [2.05, 4.69) is 11.7 Å². The molecule has 0 spiro atoms. The highest BCUT2D eigenvalue weighted by atomic mass is 15.2. The van der Waals surface area contributed by atoms with Crippen LogP contribution in [0.15, 0.2) is 12.8 Å². The van der Waals surface area contributed by atoms with Crippen LogP contribution in [0.2, 0.25) is 0 Å². The maximum atomic E-state index is 4.13. The summed E-state index contributed by atoms with van der Waals surface area (Å²) in [6, 6.07) is 0. The molecule has 2 nitrogen and oxygen atoms in total. The first-order chi connectivity index (χ1) is 4.24. The predicted octanol–water partition coefficient (Wildman–Crippen LogP) is 1.37. The van der Waals surface area contributed by atoms with Gasteiger partial charge in [-0.25, -0.2) is 0 Å². The van der Waals surface area contributed by atoms with Gasteiger partial charge in [-0.1, -0.05) is 12.7 Å². The van der Waals surface area contributed by atoms with Crippen LogP contribution >= 0.6 is 0 Å². The maximum Gasteiger partial charge on any atom is 0.0665 e. The zero-order valence-electron chi connectivity index (χ0n) is 5.76. The molecule has 0 fully saturated rings. The second-order valence-electron chi connectivity index (χ2n) is 2.05. The highest BCUT2D eigenvalue weighted by molar-refractivity contribution is 5.47. The molecule has 2 heteroatoms. The van der Waals surface area contributed by atoms with Gasteiger partial charge in [0.05, 0.1) is 5.69 Å². The third-order valence-corrected chi connectivity index (χ3v) is 1.27. The Balaban J connectivity index is 3.15. The van der Waals surface area contributed by atoms with E-state index in [4.69, 9.17) is 0 Å². The molecular formula is C7H10N2. The Hall–Kier alpha value is -1.05. The molecule has 0 unspecified atom stereocenters. The summed E-state index contributed by atoms with van der Waals surface area (Å²) in [7, 11) is 1.90. The van der Waals surface area contributed by atoms with Gasteiger partial charge in [-0.05, 0) is 6.92 Å². The van der Waals surface area contributed by atoms with Gasteiger partial charge in [0.15, 0.2) is 0 Å². The summed E-state index contributed by atoms with van der Waals surface area (Å²) in [5.41, 5.74) is 2.14. The van der Waals surface area contributed by atoms with Crippen LogP contribution in [0.4, 0.5) is 0 Å². The summed E-state index contributed by atoms with van der Waals surface area (Å²) >= 11 is 0. The minimum absolute atomic E-state index is 1.03. The van der Waals surface area contributed by atoms with Crippen LogP contribution in [-0.4, -0.2) is 9.78 Å². The fourth-order valence-corrected chi connectivity index (χ4v) is 0.818. The molecule has 1 rings (SSSR count). The summed E-state index contributed by atoms with van der Waals surface area (Å²) in [6.45, 7) is 5.62. The largest absolute Gasteiger partial charge is 0.275 e. The van der Waals surface area contributed by atoms with Crippen molar-refractivity contribution in [3.63, 3.8) is 0 Å². The molecule has 0 amide bonds. The smallest absolute Gasteiger partial charge is 0.0665 e. The number of aromatic nitrogens is 2. The monoisotopic (exact) mass is 122 g/mol. The Kier molecular flexibility index (Phi) is 1.39. The molecule has 1 aromatic heterocycles. The predicted molar refractivity (Wildman–Crippen MR) is 38.0 cm³/mol. The zero-order valence-corrected chi connectivity index (χ0v) is 5.76. The van der Waals surface area contributed by atoms with E-state index in [1.165, 1.54) is 0 Å². The lowest BCUT2D eigenvalue weighted by molar-refractivity contribution is 0.756. The number of hydrogen-bond donors (Lipinski definition) is 0. The van der Waals surface area contributed by atoms with Crippen LogP contribution in [0.1, 0.15) is 11.3 Å². The number of nitrogens with zero attached hydrogens (tertiary/aromatic N) is 2. The molecule has 0 N–H and O–H groups in total. The van der Waals surface area contributed by atoms with Crippen molar-refractivity contribution in [2.24, 2.45) is 7.05 Å². The number of hydrogen-bond acceptors (Lipinski definition) is 1. The molecule has 0 radical (unpaired) electrons. The van der Waals surface area contributed by atoms with Crippen LogP contribution in [0.3, 0.4) is 0 Å². The van der Waals surface area contributed by atoms with Crippen LogP contribution in [-0.2, 0) is 7.05 Å². The molecule has 48 valence electrons. The standard InChI is InChI=1S/C7H10N2/c1-4-7-5-9(3)8-6(7)2/h4-5H,1H2,2-3H3. The fraction of sp³-hybridized carbons (Fsp3) is 0.286. The summed E-state index contributed by atoms with van der Waals surface area (Å²) < 4.78 is 1.78. The topological polar surface area (TPSA) is 17.8 Å². The summed E-state index contributed by atoms with van der Waals surface area (Å²) in [5, 5.41) is 4.13. The van der Waals surface area contributed by atoms with Crippen molar-refractivity contribution in [2.45, 2.75) is 6.92 Å². The van der Waals surface area contributed by atoms with Crippen LogP contribution in [0, 0.1) is 6.92 Å². The van der Waals surface area contributed by atoms with Gasteiger partial charge >= 0.3 is 0 Å². The minimum Gasteiger partial charge on any atom is -0.275 e. The Labute approximate surface area is 54.8 Å². The van der Waals surface area contributed by atoms with E-state index in [-0.39, 0.29) is 0 Å². The number of rotatable bonds is 1. The average molecular weight is 122 g/mol. The minimum atomic E-state index is 1.03. The van der Waals surface area contributed by atoms with Crippen molar-refractivity contribution in [3.8, 4) is 0 Å². The van der Waals surface area contributed by atoms with E-state index < -0.39 is 0 Å². The molecule has 0 aliphatic heterocycles. The lowest BCUT2D eigenvalue weighted by Crippen LogP contribution is -1.86. The Morgan fingerprint density at radius 1 is 1.78 bits per heavy atom. The lowest BCUT2D eigenvalue weighted by atomic mass is 10.3. The Bertz CT molecular complexity index is 223. The maximum absolute atomic E-state index is 4.13. The van der Waals surface area contributed by atoms with Gasteiger partial charge in [-0.2, -0.15) is 5.10 Å². The van der Waals surface area contributed by atoms with Crippen molar-refractivity contribution in [2.75, 3.05) is 0 Å². The van der Waals surface area contributed by atoms with Crippen molar-refractivity contribution in [3.05, 3.63) is 24.0 Å². The summed E-state index contributed by atoms with van der Waals surface area (Å²) in [6.07, 6.45) is 3.75. The summed E-state index contributed by atoms with van der Waals surface area (Å²) in [5.74, 6) is 0. The van der Waals surface area contributed by atoms with E-state index >= 15 is 0 Å². The third kappa shape index (κ3) is 1.02. The molecule has 1 heterocycles. The van der Waals surface area contributed by atoms with Crippen molar-refractivity contribution in [1.29, 1.82) is 0 Å². The molecule has 1 aromatic rings. The molecular weight excluding hydrogens is 112 g/mol. The van der Waals surface area contributed by atoms with Gasteiger partial charge < -0.3 is 0 Å².